The van der Waals surface area contributed by atoms with Gasteiger partial charge in [-0.1, -0.05) is 13.8 Å². The summed E-state index contributed by atoms with van der Waals surface area (Å²) < 4.78 is 0. The molecular weight excluding hydrogens is 134 g/mol. The standard InChI is InChI=1S/C10H15N/c1-7-8-3-4-10(2,5-8)9(7)6-11/h7-9H,3-5H2,1-2H3. The van der Waals surface area contributed by atoms with Gasteiger partial charge in [-0.2, -0.15) is 5.26 Å². The number of nitriles is 1. The molecule has 0 aromatic rings. The Morgan fingerprint density at radius 2 is 2.27 bits per heavy atom. The highest BCUT2D eigenvalue weighted by Gasteiger charge is 2.53. The van der Waals surface area contributed by atoms with Gasteiger partial charge in [0.05, 0.1) is 12.0 Å². The summed E-state index contributed by atoms with van der Waals surface area (Å²) in [6.07, 6.45) is 3.97. The second-order valence-corrected chi connectivity index (χ2v) is 4.62. The molecule has 2 rings (SSSR count). The van der Waals surface area contributed by atoms with Crippen LogP contribution in [0.3, 0.4) is 0 Å². The van der Waals surface area contributed by atoms with Gasteiger partial charge in [0.15, 0.2) is 0 Å². The Bertz CT molecular complexity index is 215. The van der Waals surface area contributed by atoms with Crippen LogP contribution in [0.5, 0.6) is 0 Å². The summed E-state index contributed by atoms with van der Waals surface area (Å²) in [7, 11) is 0. The number of rotatable bonds is 0. The fraction of sp³-hybridized carbons (Fsp3) is 0.900. The number of hydrogen-bond donors (Lipinski definition) is 0. The first kappa shape index (κ1) is 7.16. The van der Waals surface area contributed by atoms with Gasteiger partial charge >= 0.3 is 0 Å². The number of nitrogens with zero attached hydrogens (tertiary/aromatic N) is 1. The molecule has 2 fully saturated rings. The van der Waals surface area contributed by atoms with Crippen LogP contribution in [-0.4, -0.2) is 0 Å². The van der Waals surface area contributed by atoms with E-state index in [0.29, 0.717) is 17.3 Å². The van der Waals surface area contributed by atoms with Gasteiger partial charge in [-0.05, 0) is 36.5 Å². The lowest BCUT2D eigenvalue weighted by Crippen LogP contribution is -2.25. The van der Waals surface area contributed by atoms with Crippen LogP contribution in [0.1, 0.15) is 33.1 Å². The van der Waals surface area contributed by atoms with Gasteiger partial charge in [0, 0.05) is 0 Å². The minimum absolute atomic E-state index is 0.348. The Balaban J connectivity index is 2.30. The Hall–Kier alpha value is -0.510. The Morgan fingerprint density at radius 3 is 2.64 bits per heavy atom. The zero-order valence-electron chi connectivity index (χ0n) is 7.30. The monoisotopic (exact) mass is 149 g/mol. The topological polar surface area (TPSA) is 23.8 Å². The van der Waals surface area contributed by atoms with E-state index in [9.17, 15) is 0 Å². The first-order valence-corrected chi connectivity index (χ1v) is 4.57. The average Bonchev–Trinajstić information content (AvgIpc) is 2.42. The highest BCUT2D eigenvalue weighted by Crippen LogP contribution is 2.59. The Kier molecular flexibility index (Phi) is 1.30. The molecule has 2 bridgehead atoms. The van der Waals surface area contributed by atoms with Crippen LogP contribution >= 0.6 is 0 Å². The minimum atomic E-state index is 0.348. The van der Waals surface area contributed by atoms with Gasteiger partial charge in [0.1, 0.15) is 0 Å². The smallest absolute Gasteiger partial charge is 0.0664 e. The molecule has 2 aliphatic rings. The van der Waals surface area contributed by atoms with E-state index in [-0.39, 0.29) is 0 Å². The van der Waals surface area contributed by atoms with Gasteiger partial charge in [0.2, 0.25) is 0 Å². The SMILES string of the molecule is CC1C2CCC(C)(C2)C1C#N. The van der Waals surface area contributed by atoms with Crippen LogP contribution in [-0.2, 0) is 0 Å². The lowest BCUT2D eigenvalue weighted by atomic mass is 9.73. The van der Waals surface area contributed by atoms with Crippen molar-refractivity contribution in [3.63, 3.8) is 0 Å². The maximum Gasteiger partial charge on any atom is 0.0664 e. The quantitative estimate of drug-likeness (QED) is 0.519. The molecule has 0 aliphatic heterocycles. The third-order valence-electron chi connectivity index (χ3n) is 3.97. The van der Waals surface area contributed by atoms with Crippen LogP contribution in [0.2, 0.25) is 0 Å². The molecule has 11 heavy (non-hydrogen) atoms. The molecule has 2 saturated carbocycles. The van der Waals surface area contributed by atoms with Crippen molar-refractivity contribution in [1.29, 1.82) is 5.26 Å². The van der Waals surface area contributed by atoms with Gasteiger partial charge in [-0.15, -0.1) is 0 Å². The summed E-state index contributed by atoms with van der Waals surface area (Å²) in [6, 6.07) is 2.49. The predicted octanol–water partition coefficient (Wildman–Crippen LogP) is 2.58. The second-order valence-electron chi connectivity index (χ2n) is 4.62. The first-order chi connectivity index (χ1) is 5.17. The second kappa shape index (κ2) is 2.00. The molecule has 1 nitrogen and oxygen atoms in total. The van der Waals surface area contributed by atoms with Crippen molar-refractivity contribution in [2.24, 2.45) is 23.2 Å². The van der Waals surface area contributed by atoms with Crippen LogP contribution in [0.25, 0.3) is 0 Å². The molecule has 0 saturated heterocycles. The maximum atomic E-state index is 8.97. The summed E-state index contributed by atoms with van der Waals surface area (Å²) in [4.78, 5) is 0. The van der Waals surface area contributed by atoms with Crippen molar-refractivity contribution in [1.82, 2.24) is 0 Å². The maximum absolute atomic E-state index is 8.97. The number of hydrogen-bond acceptors (Lipinski definition) is 1. The van der Waals surface area contributed by atoms with Crippen molar-refractivity contribution in [2.75, 3.05) is 0 Å². The number of fused-ring (bicyclic) bond motifs is 2. The van der Waals surface area contributed by atoms with Crippen LogP contribution < -0.4 is 0 Å². The fourth-order valence-corrected chi connectivity index (χ4v) is 3.23. The van der Waals surface area contributed by atoms with E-state index in [1.807, 2.05) is 0 Å². The van der Waals surface area contributed by atoms with E-state index in [1.54, 1.807) is 0 Å². The molecule has 2 aliphatic carbocycles. The summed E-state index contributed by atoms with van der Waals surface area (Å²) >= 11 is 0. The molecule has 0 N–H and O–H groups in total. The van der Waals surface area contributed by atoms with E-state index in [2.05, 4.69) is 19.9 Å². The summed E-state index contributed by atoms with van der Waals surface area (Å²) in [5.41, 5.74) is 0.388. The van der Waals surface area contributed by atoms with Crippen molar-refractivity contribution < 1.29 is 0 Å². The normalized spacial score (nSPS) is 54.5. The molecule has 4 atom stereocenters. The van der Waals surface area contributed by atoms with Crippen LogP contribution in [0.15, 0.2) is 0 Å². The molecule has 4 unspecified atom stereocenters. The van der Waals surface area contributed by atoms with Gasteiger partial charge < -0.3 is 0 Å². The van der Waals surface area contributed by atoms with E-state index in [1.165, 1.54) is 19.3 Å². The van der Waals surface area contributed by atoms with Crippen LogP contribution in [0, 0.1) is 34.5 Å². The van der Waals surface area contributed by atoms with Crippen molar-refractivity contribution in [3.05, 3.63) is 0 Å². The average molecular weight is 149 g/mol. The molecule has 1 heteroatoms. The third kappa shape index (κ3) is 0.759. The van der Waals surface area contributed by atoms with E-state index >= 15 is 0 Å². The van der Waals surface area contributed by atoms with Gasteiger partial charge in [-0.3, -0.25) is 0 Å². The predicted molar refractivity (Wildman–Crippen MR) is 43.7 cm³/mol. The summed E-state index contributed by atoms with van der Waals surface area (Å²) in [6.45, 7) is 4.55. The van der Waals surface area contributed by atoms with E-state index < -0.39 is 0 Å². The molecule has 0 aromatic heterocycles. The lowest BCUT2D eigenvalue weighted by Gasteiger charge is -2.29. The third-order valence-corrected chi connectivity index (χ3v) is 3.97. The fourth-order valence-electron chi connectivity index (χ4n) is 3.23. The zero-order chi connectivity index (χ0) is 8.06. The molecule has 0 radical (unpaired) electrons. The summed E-state index contributed by atoms with van der Waals surface area (Å²) in [5.74, 6) is 1.88. The molecule has 0 aromatic carbocycles. The van der Waals surface area contributed by atoms with Gasteiger partial charge in [-0.25, -0.2) is 0 Å². The largest absolute Gasteiger partial charge is 0.198 e. The van der Waals surface area contributed by atoms with Crippen LogP contribution in [0.4, 0.5) is 0 Å². The zero-order valence-corrected chi connectivity index (χ0v) is 7.30. The Labute approximate surface area is 68.4 Å². The Morgan fingerprint density at radius 1 is 1.55 bits per heavy atom. The highest BCUT2D eigenvalue weighted by atomic mass is 14.6. The highest BCUT2D eigenvalue weighted by molar-refractivity contribution is 5.09. The van der Waals surface area contributed by atoms with E-state index in [4.69, 9.17) is 5.26 Å². The molecule has 60 valence electrons. The van der Waals surface area contributed by atoms with Crippen molar-refractivity contribution in [3.8, 4) is 6.07 Å². The molecule has 0 amide bonds. The van der Waals surface area contributed by atoms with E-state index in [0.717, 1.165) is 5.92 Å². The summed E-state index contributed by atoms with van der Waals surface area (Å²) in [5, 5.41) is 8.97. The minimum Gasteiger partial charge on any atom is -0.198 e. The molecule has 0 heterocycles. The molecule has 0 spiro atoms. The first-order valence-electron chi connectivity index (χ1n) is 4.57. The van der Waals surface area contributed by atoms with Crippen molar-refractivity contribution >= 4 is 0 Å². The van der Waals surface area contributed by atoms with Crippen molar-refractivity contribution in [2.45, 2.75) is 33.1 Å². The molecular formula is C10H15N. The lowest BCUT2D eigenvalue weighted by molar-refractivity contribution is 0.209. The van der Waals surface area contributed by atoms with Gasteiger partial charge in [0.25, 0.3) is 0 Å².